The number of rotatable bonds is 5. The van der Waals surface area contributed by atoms with E-state index in [1.807, 2.05) is 20.8 Å². The maximum absolute atomic E-state index is 13.5. The smallest absolute Gasteiger partial charge is 0.268 e. The summed E-state index contributed by atoms with van der Waals surface area (Å²) in [6.45, 7) is 7.78. The summed E-state index contributed by atoms with van der Waals surface area (Å²) < 4.78 is 34.0. The lowest BCUT2D eigenvalue weighted by atomic mass is 9.87. The van der Waals surface area contributed by atoms with Gasteiger partial charge in [0, 0.05) is 6.20 Å². The Morgan fingerprint density at radius 3 is 2.20 bits per heavy atom. The number of methoxy groups -OCH3 is 1. The van der Waals surface area contributed by atoms with Crippen molar-refractivity contribution < 1.29 is 22.7 Å². The van der Waals surface area contributed by atoms with Crippen LogP contribution in [0.2, 0.25) is 5.02 Å². The normalized spacial score (nSPS) is 13.7. The molecule has 2 amide bonds. The van der Waals surface area contributed by atoms with Crippen molar-refractivity contribution >= 4 is 44.8 Å². The molecule has 0 saturated heterocycles. The minimum atomic E-state index is -4.07. The number of carbonyl (C=O) groups is 2. The van der Waals surface area contributed by atoms with Gasteiger partial charge >= 0.3 is 0 Å². The Balaban J connectivity index is 1.78. The lowest BCUT2D eigenvalue weighted by Gasteiger charge is -2.19. The molecule has 3 aromatic rings. The summed E-state index contributed by atoms with van der Waals surface area (Å²) in [6.07, 6.45) is 1.49. The van der Waals surface area contributed by atoms with Gasteiger partial charge in [-0.3, -0.25) is 14.3 Å². The van der Waals surface area contributed by atoms with E-state index in [2.05, 4.69) is 9.71 Å². The Hall–Kier alpha value is -3.43. The molecule has 1 aliphatic rings. The quantitative estimate of drug-likeness (QED) is 0.484. The molecule has 35 heavy (non-hydrogen) atoms. The van der Waals surface area contributed by atoms with Gasteiger partial charge in [-0.25, -0.2) is 18.3 Å². The first-order valence-electron chi connectivity index (χ1n) is 10.7. The van der Waals surface area contributed by atoms with Gasteiger partial charge in [-0.15, -0.1) is 0 Å². The zero-order valence-electron chi connectivity index (χ0n) is 19.8. The molecule has 182 valence electrons. The Labute approximate surface area is 208 Å². The van der Waals surface area contributed by atoms with Gasteiger partial charge in [0.2, 0.25) is 5.88 Å². The Morgan fingerprint density at radius 2 is 1.60 bits per heavy atom. The third-order valence-electron chi connectivity index (χ3n) is 5.77. The number of hydrogen-bond donors (Lipinski definition) is 1. The number of sulfonamides is 1. The van der Waals surface area contributed by atoms with Crippen LogP contribution < -0.4 is 14.4 Å². The fourth-order valence-electron chi connectivity index (χ4n) is 3.90. The van der Waals surface area contributed by atoms with Crippen LogP contribution in [0, 0.1) is 6.92 Å². The molecule has 8 nitrogen and oxygen atoms in total. The molecule has 0 saturated carbocycles. The summed E-state index contributed by atoms with van der Waals surface area (Å²) in [4.78, 5) is 31.9. The second kappa shape index (κ2) is 8.66. The number of benzene rings is 2. The van der Waals surface area contributed by atoms with Crippen LogP contribution in [0.3, 0.4) is 0 Å². The average molecular weight is 514 g/mol. The van der Waals surface area contributed by atoms with E-state index < -0.39 is 21.8 Å². The first kappa shape index (κ1) is 24.7. The Bertz CT molecular complexity index is 1460. The molecule has 0 aliphatic carbocycles. The molecule has 1 aliphatic heterocycles. The number of anilines is 2. The van der Waals surface area contributed by atoms with Crippen molar-refractivity contribution in [1.29, 1.82) is 0 Å². The molecule has 0 unspecified atom stereocenters. The van der Waals surface area contributed by atoms with Gasteiger partial charge in [0.1, 0.15) is 5.69 Å². The molecule has 2 aromatic carbocycles. The Kier molecular flexibility index (Phi) is 6.11. The van der Waals surface area contributed by atoms with Crippen LogP contribution in [0.25, 0.3) is 0 Å². The van der Waals surface area contributed by atoms with Crippen molar-refractivity contribution in [3.8, 4) is 5.88 Å². The molecule has 0 radical (unpaired) electrons. The molecule has 1 N–H and O–H groups in total. The highest BCUT2D eigenvalue weighted by Gasteiger charge is 2.43. The van der Waals surface area contributed by atoms with Crippen LogP contribution in [0.5, 0.6) is 5.88 Å². The van der Waals surface area contributed by atoms with Gasteiger partial charge in [0.05, 0.1) is 33.8 Å². The lowest BCUT2D eigenvalue weighted by Crippen LogP contribution is -2.31. The third-order valence-corrected chi connectivity index (χ3v) is 7.47. The summed E-state index contributed by atoms with van der Waals surface area (Å²) in [5.74, 6) is -1.35. The van der Waals surface area contributed by atoms with E-state index in [0.717, 1.165) is 10.5 Å². The van der Waals surface area contributed by atoms with E-state index in [4.69, 9.17) is 16.3 Å². The van der Waals surface area contributed by atoms with Crippen molar-refractivity contribution in [2.45, 2.75) is 38.0 Å². The predicted molar refractivity (Wildman–Crippen MR) is 134 cm³/mol. The molecule has 0 fully saturated rings. The standard InChI is InChI=1S/C25H24ClN3O5S/c1-14-12-13-27-22(34-5)21(14)29-23(30)19-17(26)10-11-18(20(19)24(29)31)28-35(32,33)16-8-6-15(7-9-16)25(2,3)4/h6-13,28H,1-5H3. The van der Waals surface area contributed by atoms with Gasteiger partial charge in [0.15, 0.2) is 0 Å². The Morgan fingerprint density at radius 1 is 0.971 bits per heavy atom. The lowest BCUT2D eigenvalue weighted by molar-refractivity contribution is 0.0925. The van der Waals surface area contributed by atoms with Crippen LogP contribution in [0.4, 0.5) is 11.4 Å². The number of ether oxygens (including phenoxy) is 1. The minimum Gasteiger partial charge on any atom is -0.479 e. The van der Waals surface area contributed by atoms with Crippen molar-refractivity contribution in [2.75, 3.05) is 16.7 Å². The number of halogens is 1. The zero-order valence-corrected chi connectivity index (χ0v) is 21.4. The van der Waals surface area contributed by atoms with Crippen molar-refractivity contribution in [3.63, 3.8) is 0 Å². The monoisotopic (exact) mass is 513 g/mol. The van der Waals surface area contributed by atoms with Gasteiger partial charge in [0.25, 0.3) is 21.8 Å². The van der Waals surface area contributed by atoms with Crippen LogP contribution >= 0.6 is 11.6 Å². The van der Waals surface area contributed by atoms with Gasteiger partial charge in [-0.2, -0.15) is 0 Å². The maximum atomic E-state index is 13.5. The second-order valence-electron chi connectivity index (χ2n) is 9.16. The zero-order chi connectivity index (χ0) is 25.7. The highest BCUT2D eigenvalue weighted by Crippen LogP contribution is 2.41. The number of fused-ring (bicyclic) bond motifs is 1. The number of carbonyl (C=O) groups excluding carboxylic acids is 2. The number of aryl methyl sites for hydroxylation is 1. The van der Waals surface area contributed by atoms with Gasteiger partial charge < -0.3 is 4.74 Å². The van der Waals surface area contributed by atoms with E-state index >= 15 is 0 Å². The van der Waals surface area contributed by atoms with Gasteiger partial charge in [-0.05, 0) is 53.8 Å². The first-order valence-corrected chi connectivity index (χ1v) is 12.6. The van der Waals surface area contributed by atoms with Crippen LogP contribution in [-0.2, 0) is 15.4 Å². The number of amides is 2. The highest BCUT2D eigenvalue weighted by atomic mass is 35.5. The van der Waals surface area contributed by atoms with Crippen molar-refractivity contribution in [1.82, 2.24) is 4.98 Å². The number of nitrogens with zero attached hydrogens (tertiary/aromatic N) is 2. The molecule has 4 rings (SSSR count). The molecule has 10 heteroatoms. The molecule has 0 atom stereocenters. The van der Waals surface area contributed by atoms with Crippen LogP contribution in [0.1, 0.15) is 52.6 Å². The molecule has 0 bridgehead atoms. The SMILES string of the molecule is COc1nccc(C)c1N1C(=O)c2c(Cl)ccc(NS(=O)(=O)c3ccc(C(C)(C)C)cc3)c2C1=O. The fourth-order valence-corrected chi connectivity index (χ4v) is 5.21. The highest BCUT2D eigenvalue weighted by molar-refractivity contribution is 7.92. The number of nitrogens with one attached hydrogen (secondary N) is 1. The minimum absolute atomic E-state index is 0.0209. The van der Waals surface area contributed by atoms with Crippen molar-refractivity contribution in [2.24, 2.45) is 0 Å². The van der Waals surface area contributed by atoms with Crippen molar-refractivity contribution in [3.05, 3.63) is 75.9 Å². The third kappa shape index (κ3) is 4.26. The van der Waals surface area contributed by atoms with E-state index in [9.17, 15) is 18.0 Å². The fraction of sp³-hybridized carbons (Fsp3) is 0.240. The van der Waals surface area contributed by atoms with E-state index in [1.54, 1.807) is 25.1 Å². The average Bonchev–Trinajstić information content (AvgIpc) is 3.06. The summed E-state index contributed by atoms with van der Waals surface area (Å²) >= 11 is 6.29. The number of aromatic nitrogens is 1. The second-order valence-corrected chi connectivity index (χ2v) is 11.2. The maximum Gasteiger partial charge on any atom is 0.268 e. The topological polar surface area (TPSA) is 106 Å². The predicted octanol–water partition coefficient (Wildman–Crippen LogP) is 4.95. The molecule has 2 heterocycles. The molecule has 0 spiro atoms. The van der Waals surface area contributed by atoms with Crippen LogP contribution in [-0.4, -0.2) is 32.3 Å². The summed E-state index contributed by atoms with van der Waals surface area (Å²) in [7, 11) is -2.69. The number of hydrogen-bond acceptors (Lipinski definition) is 6. The van der Waals surface area contributed by atoms with Gasteiger partial charge in [-0.1, -0.05) is 44.5 Å². The largest absolute Gasteiger partial charge is 0.479 e. The number of imide groups is 1. The van der Waals surface area contributed by atoms with E-state index in [0.29, 0.717) is 5.56 Å². The summed E-state index contributed by atoms with van der Waals surface area (Å²) in [5, 5.41) is 0.0267. The summed E-state index contributed by atoms with van der Waals surface area (Å²) in [5.41, 5.74) is 1.29. The molecular formula is C25H24ClN3O5S. The molecule has 1 aromatic heterocycles. The molecular weight excluding hydrogens is 490 g/mol. The first-order chi connectivity index (χ1) is 16.4. The van der Waals surface area contributed by atoms with E-state index in [1.165, 1.54) is 37.6 Å². The number of pyridine rings is 1. The van der Waals surface area contributed by atoms with Crippen LogP contribution in [0.15, 0.2) is 53.6 Å². The summed E-state index contributed by atoms with van der Waals surface area (Å²) in [6, 6.07) is 10.9. The van der Waals surface area contributed by atoms with E-state index in [-0.39, 0.29) is 43.7 Å².